The summed E-state index contributed by atoms with van der Waals surface area (Å²) in [4.78, 5) is 0. The molecule has 0 saturated heterocycles. The lowest BCUT2D eigenvalue weighted by molar-refractivity contribution is -0.145. The Morgan fingerprint density at radius 2 is 1.05 bits per heavy atom. The molecule has 0 bridgehead atoms. The van der Waals surface area contributed by atoms with E-state index in [1.54, 1.807) is 0 Å². The first-order valence-electron chi connectivity index (χ1n) is 4.84. The molecule has 1 aromatic carbocycles. The number of benzene rings is 1. The van der Waals surface area contributed by atoms with E-state index in [0.29, 0.717) is 0 Å². The molecule has 10 heteroatoms. The Morgan fingerprint density at radius 3 is 1.30 bits per heavy atom. The van der Waals surface area contributed by atoms with Crippen molar-refractivity contribution in [3.63, 3.8) is 0 Å². The summed E-state index contributed by atoms with van der Waals surface area (Å²) in [6.45, 7) is 0. The average Bonchev–Trinajstić information content (AvgIpc) is 2.23. The van der Waals surface area contributed by atoms with Crippen molar-refractivity contribution in [2.75, 3.05) is 0 Å². The van der Waals surface area contributed by atoms with E-state index < -0.39 is 41.0 Å². The van der Waals surface area contributed by atoms with Crippen LogP contribution in [0.4, 0.5) is 39.5 Å². The van der Waals surface area contributed by atoms with Crippen LogP contribution >= 0.6 is 0 Å². The van der Waals surface area contributed by atoms with Crippen LogP contribution in [0.1, 0.15) is 22.5 Å². The molecule has 0 nitrogen and oxygen atoms in total. The Morgan fingerprint density at radius 1 is 0.700 bits per heavy atom. The summed E-state index contributed by atoms with van der Waals surface area (Å²) in [5.74, 6) is -2.94. The monoisotopic (exact) mass is 306 g/mol. The third-order valence-corrected chi connectivity index (χ3v) is 2.32. The van der Waals surface area contributed by atoms with Crippen LogP contribution in [-0.4, -0.2) is 14.0 Å². The molecule has 0 saturated carbocycles. The van der Waals surface area contributed by atoms with Crippen LogP contribution in [0, 0.1) is 0 Å². The molecule has 0 aliphatic heterocycles. The maximum Gasteiger partial charge on any atom is 0.416 e. The molecule has 0 N–H and O–H groups in total. The van der Waals surface area contributed by atoms with E-state index in [1.165, 1.54) is 0 Å². The van der Waals surface area contributed by atoms with Gasteiger partial charge in [0.25, 0.3) is 0 Å². The lowest BCUT2D eigenvalue weighted by Gasteiger charge is -2.20. The third kappa shape index (κ3) is 3.83. The Labute approximate surface area is 108 Å². The highest BCUT2D eigenvalue weighted by Gasteiger charge is 2.41. The normalized spacial score (nSPS) is 15.2. The first kappa shape index (κ1) is 16.7. The van der Waals surface area contributed by atoms with Gasteiger partial charge >= 0.3 is 18.5 Å². The summed E-state index contributed by atoms with van der Waals surface area (Å²) in [6, 6.07) is -0.368. The largest absolute Gasteiger partial charge is 0.416 e. The lowest BCUT2D eigenvalue weighted by Crippen LogP contribution is -2.22. The van der Waals surface area contributed by atoms with E-state index in [2.05, 4.69) is 7.85 Å². The number of alkyl halides is 9. The molecular formula is C10H4BF9. The lowest BCUT2D eigenvalue weighted by atomic mass is 9.79. The highest BCUT2D eigenvalue weighted by molar-refractivity contribution is 6.13. The standard InChI is InChI=1S/C10H4BF9/c11-7(10(18,19)20)4-1-5(8(12,13)14)3-6(2-4)9(15,16)17/h1-3,7H. The molecule has 1 atom stereocenters. The van der Waals surface area contributed by atoms with Crippen LogP contribution in [0.2, 0.25) is 0 Å². The van der Waals surface area contributed by atoms with Crippen molar-refractivity contribution in [3.05, 3.63) is 34.9 Å². The molecule has 1 unspecified atom stereocenters. The second-order valence-corrected chi connectivity index (χ2v) is 3.86. The van der Waals surface area contributed by atoms with Gasteiger partial charge in [0.05, 0.1) is 19.0 Å². The van der Waals surface area contributed by atoms with Crippen LogP contribution in [0.5, 0.6) is 0 Å². The fourth-order valence-electron chi connectivity index (χ4n) is 1.35. The maximum absolute atomic E-state index is 12.4. The van der Waals surface area contributed by atoms with E-state index in [9.17, 15) is 39.5 Å². The molecule has 0 amide bonds. The summed E-state index contributed by atoms with van der Waals surface area (Å²) in [7, 11) is 4.64. The molecular weight excluding hydrogens is 302 g/mol. The maximum atomic E-state index is 12.4. The van der Waals surface area contributed by atoms with Gasteiger partial charge in [-0.1, -0.05) is 0 Å². The fourth-order valence-corrected chi connectivity index (χ4v) is 1.35. The number of hydrogen-bond donors (Lipinski definition) is 0. The van der Waals surface area contributed by atoms with Gasteiger partial charge in [-0.15, -0.1) is 0 Å². The molecule has 0 heterocycles. The Hall–Kier alpha value is -1.35. The van der Waals surface area contributed by atoms with Gasteiger partial charge in [0.15, 0.2) is 0 Å². The first-order valence-corrected chi connectivity index (χ1v) is 4.84. The highest BCUT2D eigenvalue weighted by Crippen LogP contribution is 2.40. The van der Waals surface area contributed by atoms with E-state index in [-0.39, 0.29) is 18.2 Å². The number of rotatable bonds is 1. The average molecular weight is 306 g/mol. The minimum atomic E-state index is -5.22. The minimum Gasteiger partial charge on any atom is -0.171 e. The molecule has 1 rings (SSSR count). The van der Waals surface area contributed by atoms with Crippen LogP contribution in [0.25, 0.3) is 0 Å². The van der Waals surface area contributed by atoms with E-state index in [0.717, 1.165) is 0 Å². The van der Waals surface area contributed by atoms with Gasteiger partial charge in [0, 0.05) is 5.82 Å². The van der Waals surface area contributed by atoms with Gasteiger partial charge in [-0.05, 0) is 23.8 Å². The Bertz CT molecular complexity index is 451. The molecule has 0 aromatic heterocycles. The molecule has 20 heavy (non-hydrogen) atoms. The number of hydrogen-bond acceptors (Lipinski definition) is 0. The summed E-state index contributed by atoms with van der Waals surface area (Å²) >= 11 is 0. The summed E-state index contributed by atoms with van der Waals surface area (Å²) in [5.41, 5.74) is -5.00. The van der Waals surface area contributed by atoms with Crippen LogP contribution < -0.4 is 0 Å². The van der Waals surface area contributed by atoms with Gasteiger partial charge in [-0.25, -0.2) is 0 Å². The van der Waals surface area contributed by atoms with Gasteiger partial charge in [-0.2, -0.15) is 39.5 Å². The van der Waals surface area contributed by atoms with Crippen molar-refractivity contribution in [2.45, 2.75) is 24.3 Å². The third-order valence-electron chi connectivity index (χ3n) is 2.32. The van der Waals surface area contributed by atoms with Gasteiger partial charge < -0.3 is 0 Å². The van der Waals surface area contributed by atoms with Crippen molar-refractivity contribution < 1.29 is 39.5 Å². The SMILES string of the molecule is [B]C(c1cc(C(F)(F)F)cc(C(F)(F)F)c1)C(F)(F)F. The van der Waals surface area contributed by atoms with Gasteiger partial charge in [-0.3, -0.25) is 0 Å². The first-order chi connectivity index (χ1) is 8.73. The zero-order valence-corrected chi connectivity index (χ0v) is 9.29. The predicted octanol–water partition coefficient (Wildman–Crippen LogP) is 4.50. The molecule has 0 spiro atoms. The summed E-state index contributed by atoms with van der Waals surface area (Å²) in [6.07, 6.45) is -15.6. The topological polar surface area (TPSA) is 0 Å². The smallest absolute Gasteiger partial charge is 0.171 e. The van der Waals surface area contributed by atoms with Crippen molar-refractivity contribution >= 4 is 7.85 Å². The van der Waals surface area contributed by atoms with Crippen LogP contribution in [-0.2, 0) is 12.4 Å². The van der Waals surface area contributed by atoms with Crippen LogP contribution in [0.15, 0.2) is 18.2 Å². The number of halogens is 9. The molecule has 0 fully saturated rings. The molecule has 0 aliphatic rings. The van der Waals surface area contributed by atoms with E-state index in [4.69, 9.17) is 0 Å². The van der Waals surface area contributed by atoms with Crippen molar-refractivity contribution in [3.8, 4) is 0 Å². The minimum absolute atomic E-state index is 0.0482. The van der Waals surface area contributed by atoms with Crippen molar-refractivity contribution in [2.24, 2.45) is 0 Å². The van der Waals surface area contributed by atoms with E-state index >= 15 is 0 Å². The zero-order valence-electron chi connectivity index (χ0n) is 9.29. The Balaban J connectivity index is 3.47. The summed E-state index contributed by atoms with van der Waals surface area (Å²) < 4.78 is 111. The van der Waals surface area contributed by atoms with Crippen molar-refractivity contribution in [1.82, 2.24) is 0 Å². The fraction of sp³-hybridized carbons (Fsp3) is 0.400. The quantitative estimate of drug-likeness (QED) is 0.529. The van der Waals surface area contributed by atoms with Crippen LogP contribution in [0.3, 0.4) is 0 Å². The molecule has 0 aliphatic carbocycles. The molecule has 1 aromatic rings. The second-order valence-electron chi connectivity index (χ2n) is 3.86. The summed E-state index contributed by atoms with van der Waals surface area (Å²) in [5, 5.41) is 0. The van der Waals surface area contributed by atoms with Crippen molar-refractivity contribution in [1.29, 1.82) is 0 Å². The zero-order chi connectivity index (χ0) is 15.9. The molecule has 110 valence electrons. The Kier molecular flexibility index (Phi) is 4.08. The second kappa shape index (κ2) is 4.89. The van der Waals surface area contributed by atoms with Gasteiger partial charge in [0.2, 0.25) is 0 Å². The highest BCUT2D eigenvalue weighted by atomic mass is 19.4. The van der Waals surface area contributed by atoms with Gasteiger partial charge in [0.1, 0.15) is 0 Å². The molecule has 2 radical (unpaired) electrons. The predicted molar refractivity (Wildman–Crippen MR) is 51.0 cm³/mol. The van der Waals surface area contributed by atoms with E-state index in [1.807, 2.05) is 0 Å².